The Morgan fingerprint density at radius 1 is 1.09 bits per heavy atom. The van der Waals surface area contributed by atoms with Gasteiger partial charge in [-0.25, -0.2) is 0 Å². The summed E-state index contributed by atoms with van der Waals surface area (Å²) in [5.74, 6) is 1.10. The average molecular weight is 463 g/mol. The highest BCUT2D eigenvalue weighted by atomic mass is 35.5. The molecule has 178 valence electrons. The number of hydrogen-bond donors (Lipinski definition) is 2. The number of rotatable bonds is 13. The van der Waals surface area contributed by atoms with Crippen molar-refractivity contribution in [3.8, 4) is 11.4 Å². The first kappa shape index (κ1) is 26.3. The SMILES string of the molecule is CCCCCCCCCCc1ccc(-c2noc(CNC(=O)C3CCCNC3)n2)cc1.Cl. The second-order valence-electron chi connectivity index (χ2n) is 8.69. The number of carbonyl (C=O) groups excluding carboxylic acids is 1. The molecule has 1 aromatic heterocycles. The van der Waals surface area contributed by atoms with Crippen molar-refractivity contribution in [3.63, 3.8) is 0 Å². The van der Waals surface area contributed by atoms with E-state index in [2.05, 4.69) is 52.0 Å². The summed E-state index contributed by atoms with van der Waals surface area (Å²) in [4.78, 5) is 16.7. The van der Waals surface area contributed by atoms with E-state index in [-0.39, 0.29) is 30.8 Å². The fourth-order valence-corrected chi connectivity index (χ4v) is 4.11. The number of aromatic nitrogens is 2. The van der Waals surface area contributed by atoms with Crippen LogP contribution in [0.2, 0.25) is 0 Å². The Morgan fingerprint density at radius 3 is 2.50 bits per heavy atom. The first-order valence-electron chi connectivity index (χ1n) is 12.2. The second kappa shape index (κ2) is 15.0. The normalized spacial score (nSPS) is 15.8. The van der Waals surface area contributed by atoms with E-state index in [4.69, 9.17) is 4.52 Å². The molecule has 3 rings (SSSR count). The molecule has 1 amide bonds. The molecular weight excluding hydrogens is 424 g/mol. The van der Waals surface area contributed by atoms with Crippen LogP contribution in [0.5, 0.6) is 0 Å². The fraction of sp³-hybridized carbons (Fsp3) is 0.640. The molecule has 32 heavy (non-hydrogen) atoms. The lowest BCUT2D eigenvalue weighted by Crippen LogP contribution is -2.40. The van der Waals surface area contributed by atoms with Crippen molar-refractivity contribution in [1.82, 2.24) is 20.8 Å². The minimum Gasteiger partial charge on any atom is -0.347 e. The van der Waals surface area contributed by atoms with E-state index >= 15 is 0 Å². The quantitative estimate of drug-likeness (QED) is 0.386. The van der Waals surface area contributed by atoms with E-state index in [1.807, 2.05) is 0 Å². The summed E-state index contributed by atoms with van der Waals surface area (Å²) in [5.41, 5.74) is 2.30. The van der Waals surface area contributed by atoms with E-state index < -0.39 is 0 Å². The Bertz CT molecular complexity index is 773. The van der Waals surface area contributed by atoms with Crippen LogP contribution in [0.25, 0.3) is 11.4 Å². The van der Waals surface area contributed by atoms with E-state index in [0.29, 0.717) is 11.7 Å². The van der Waals surface area contributed by atoms with Crippen LogP contribution < -0.4 is 10.6 Å². The maximum atomic E-state index is 12.2. The third-order valence-corrected chi connectivity index (χ3v) is 6.08. The van der Waals surface area contributed by atoms with Gasteiger partial charge >= 0.3 is 0 Å². The molecule has 1 aromatic carbocycles. The number of hydrogen-bond acceptors (Lipinski definition) is 5. The van der Waals surface area contributed by atoms with Crippen molar-refractivity contribution in [3.05, 3.63) is 35.7 Å². The van der Waals surface area contributed by atoms with Gasteiger partial charge in [-0.3, -0.25) is 4.79 Å². The summed E-state index contributed by atoms with van der Waals surface area (Å²) in [6, 6.07) is 8.43. The number of carbonyl (C=O) groups is 1. The summed E-state index contributed by atoms with van der Waals surface area (Å²) in [6.45, 7) is 4.28. The number of aryl methyl sites for hydroxylation is 1. The summed E-state index contributed by atoms with van der Waals surface area (Å²) in [6.07, 6.45) is 13.8. The monoisotopic (exact) mass is 462 g/mol. The Morgan fingerprint density at radius 2 is 1.81 bits per heavy atom. The molecule has 7 heteroatoms. The number of benzene rings is 1. The highest BCUT2D eigenvalue weighted by Gasteiger charge is 2.21. The molecule has 1 aliphatic heterocycles. The Kier molecular flexibility index (Phi) is 12.4. The molecule has 0 bridgehead atoms. The van der Waals surface area contributed by atoms with Crippen molar-refractivity contribution in [2.45, 2.75) is 84.1 Å². The molecule has 0 radical (unpaired) electrons. The second-order valence-corrected chi connectivity index (χ2v) is 8.69. The molecule has 1 fully saturated rings. The maximum Gasteiger partial charge on any atom is 0.246 e. The molecule has 0 spiro atoms. The number of amides is 1. The van der Waals surface area contributed by atoms with Crippen LogP contribution >= 0.6 is 12.4 Å². The lowest BCUT2D eigenvalue weighted by Gasteiger charge is -2.21. The zero-order valence-corrected chi connectivity index (χ0v) is 20.2. The third-order valence-electron chi connectivity index (χ3n) is 6.08. The number of piperidine rings is 1. The molecule has 1 aliphatic rings. The molecule has 0 saturated carbocycles. The van der Waals surface area contributed by atoms with E-state index in [1.165, 1.54) is 56.9 Å². The van der Waals surface area contributed by atoms with Gasteiger partial charge in [0.25, 0.3) is 0 Å². The minimum atomic E-state index is 0. The van der Waals surface area contributed by atoms with E-state index in [1.54, 1.807) is 0 Å². The number of nitrogens with zero attached hydrogens (tertiary/aromatic N) is 2. The van der Waals surface area contributed by atoms with E-state index in [9.17, 15) is 4.79 Å². The first-order chi connectivity index (χ1) is 15.3. The van der Waals surface area contributed by atoms with Gasteiger partial charge < -0.3 is 15.2 Å². The molecule has 1 atom stereocenters. The van der Waals surface area contributed by atoms with Gasteiger partial charge in [0, 0.05) is 12.1 Å². The Hall–Kier alpha value is -1.92. The van der Waals surface area contributed by atoms with Gasteiger partial charge in [0.1, 0.15) is 0 Å². The highest BCUT2D eigenvalue weighted by molar-refractivity contribution is 5.85. The molecular formula is C25H39ClN4O2. The van der Waals surface area contributed by atoms with Crippen LogP contribution in [-0.4, -0.2) is 29.1 Å². The predicted octanol–water partition coefficient (Wildman–Crippen LogP) is 5.46. The van der Waals surface area contributed by atoms with Gasteiger partial charge in [0.15, 0.2) is 0 Å². The van der Waals surface area contributed by atoms with Gasteiger partial charge in [-0.05, 0) is 37.8 Å². The Labute approximate surface area is 198 Å². The summed E-state index contributed by atoms with van der Waals surface area (Å²) < 4.78 is 5.32. The third kappa shape index (κ3) is 8.91. The van der Waals surface area contributed by atoms with Crippen molar-refractivity contribution < 1.29 is 9.32 Å². The molecule has 0 aliphatic carbocycles. The molecule has 2 aromatic rings. The summed E-state index contributed by atoms with van der Waals surface area (Å²) in [7, 11) is 0. The number of halogens is 1. The molecule has 2 heterocycles. The van der Waals surface area contributed by atoms with Gasteiger partial charge in [-0.2, -0.15) is 4.98 Å². The summed E-state index contributed by atoms with van der Waals surface area (Å²) >= 11 is 0. The molecule has 2 N–H and O–H groups in total. The zero-order valence-electron chi connectivity index (χ0n) is 19.4. The molecule has 1 saturated heterocycles. The van der Waals surface area contributed by atoms with Gasteiger partial charge in [-0.1, -0.05) is 81.3 Å². The average Bonchev–Trinajstić information content (AvgIpc) is 3.29. The first-order valence-corrected chi connectivity index (χ1v) is 12.2. The van der Waals surface area contributed by atoms with Crippen LogP contribution in [0, 0.1) is 5.92 Å². The van der Waals surface area contributed by atoms with Crippen LogP contribution in [0.4, 0.5) is 0 Å². The van der Waals surface area contributed by atoms with Crippen LogP contribution in [0.15, 0.2) is 28.8 Å². The molecule has 1 unspecified atom stereocenters. The maximum absolute atomic E-state index is 12.2. The zero-order chi connectivity index (χ0) is 21.7. The summed E-state index contributed by atoms with van der Waals surface area (Å²) in [5, 5.41) is 10.2. The fourth-order valence-electron chi connectivity index (χ4n) is 4.11. The number of unbranched alkanes of at least 4 members (excludes halogenated alkanes) is 7. The predicted molar refractivity (Wildman–Crippen MR) is 131 cm³/mol. The smallest absolute Gasteiger partial charge is 0.246 e. The van der Waals surface area contributed by atoms with Gasteiger partial charge in [0.05, 0.1) is 12.5 Å². The van der Waals surface area contributed by atoms with Crippen molar-refractivity contribution >= 4 is 18.3 Å². The largest absolute Gasteiger partial charge is 0.347 e. The van der Waals surface area contributed by atoms with Crippen molar-refractivity contribution in [2.75, 3.05) is 13.1 Å². The van der Waals surface area contributed by atoms with Crippen molar-refractivity contribution in [2.24, 2.45) is 5.92 Å². The molecule has 6 nitrogen and oxygen atoms in total. The van der Waals surface area contributed by atoms with Gasteiger partial charge in [-0.15, -0.1) is 12.4 Å². The number of nitrogens with one attached hydrogen (secondary N) is 2. The van der Waals surface area contributed by atoms with Crippen LogP contribution in [-0.2, 0) is 17.8 Å². The Balaban J connectivity index is 0.00000363. The lowest BCUT2D eigenvalue weighted by atomic mass is 9.99. The van der Waals surface area contributed by atoms with Crippen LogP contribution in [0.1, 0.15) is 82.6 Å². The van der Waals surface area contributed by atoms with Gasteiger partial charge in [0.2, 0.25) is 17.6 Å². The highest BCUT2D eigenvalue weighted by Crippen LogP contribution is 2.18. The lowest BCUT2D eigenvalue weighted by molar-refractivity contribution is -0.125. The van der Waals surface area contributed by atoms with Crippen LogP contribution in [0.3, 0.4) is 0 Å². The van der Waals surface area contributed by atoms with E-state index in [0.717, 1.165) is 37.9 Å². The minimum absolute atomic E-state index is 0. The van der Waals surface area contributed by atoms with Crippen molar-refractivity contribution in [1.29, 1.82) is 0 Å². The standard InChI is InChI=1S/C25H38N4O2.ClH/c1-2-3-4-5-6-7-8-9-11-20-13-15-21(16-14-20)24-28-23(31-29-24)19-27-25(30)22-12-10-17-26-18-22;/h13-16,22,26H,2-12,17-19H2,1H3,(H,27,30);1H. The topological polar surface area (TPSA) is 80.0 Å².